The van der Waals surface area contributed by atoms with Gasteiger partial charge in [0.1, 0.15) is 5.76 Å². The van der Waals surface area contributed by atoms with Crippen molar-refractivity contribution in [3.05, 3.63) is 60.1 Å². The van der Waals surface area contributed by atoms with E-state index < -0.39 is 6.04 Å². The molecule has 0 bridgehead atoms. The highest BCUT2D eigenvalue weighted by molar-refractivity contribution is 5.82. The van der Waals surface area contributed by atoms with Crippen molar-refractivity contribution in [1.29, 1.82) is 0 Å². The standard InChI is InChI=1S/C17H22N2O2/c1-13(9-10-15-8-5-11-21-15)19-17(20)16(18)12-14-6-3-2-4-7-14/h2-8,11,13,16H,9-10,12,18H2,1H3,(H,19,20)/t13?,16-/m0/s1. The fraction of sp³-hybridized carbons (Fsp3) is 0.353. The van der Waals surface area contributed by atoms with Crippen LogP contribution in [0.4, 0.5) is 0 Å². The number of hydrogen-bond acceptors (Lipinski definition) is 3. The van der Waals surface area contributed by atoms with E-state index in [2.05, 4.69) is 5.32 Å². The summed E-state index contributed by atoms with van der Waals surface area (Å²) < 4.78 is 5.28. The molecule has 21 heavy (non-hydrogen) atoms. The summed E-state index contributed by atoms with van der Waals surface area (Å²) in [6.07, 6.45) is 3.85. The van der Waals surface area contributed by atoms with Gasteiger partial charge in [-0.25, -0.2) is 0 Å². The lowest BCUT2D eigenvalue weighted by Crippen LogP contribution is -2.45. The fourth-order valence-corrected chi connectivity index (χ4v) is 2.20. The molecule has 1 aromatic heterocycles. The molecule has 4 heteroatoms. The molecule has 2 aromatic rings. The first-order valence-corrected chi connectivity index (χ1v) is 7.27. The van der Waals surface area contributed by atoms with Gasteiger partial charge in [-0.15, -0.1) is 0 Å². The van der Waals surface area contributed by atoms with E-state index in [0.717, 1.165) is 24.2 Å². The summed E-state index contributed by atoms with van der Waals surface area (Å²) in [6, 6.07) is 13.2. The van der Waals surface area contributed by atoms with E-state index in [4.69, 9.17) is 10.2 Å². The molecule has 2 rings (SSSR count). The molecule has 112 valence electrons. The molecule has 1 heterocycles. The summed E-state index contributed by atoms with van der Waals surface area (Å²) in [7, 11) is 0. The largest absolute Gasteiger partial charge is 0.469 e. The van der Waals surface area contributed by atoms with Crippen LogP contribution in [0.15, 0.2) is 53.1 Å². The number of rotatable bonds is 7. The van der Waals surface area contributed by atoms with Crippen molar-refractivity contribution in [3.63, 3.8) is 0 Å². The highest BCUT2D eigenvalue weighted by Crippen LogP contribution is 2.06. The molecule has 0 radical (unpaired) electrons. The van der Waals surface area contributed by atoms with E-state index in [9.17, 15) is 4.79 Å². The Morgan fingerprint density at radius 2 is 2.00 bits per heavy atom. The fourth-order valence-electron chi connectivity index (χ4n) is 2.20. The smallest absolute Gasteiger partial charge is 0.237 e. The van der Waals surface area contributed by atoms with Gasteiger partial charge in [0.2, 0.25) is 5.91 Å². The molecule has 0 saturated heterocycles. The molecule has 0 fully saturated rings. The summed E-state index contributed by atoms with van der Waals surface area (Å²) in [6.45, 7) is 1.98. The molecule has 0 spiro atoms. The first-order valence-electron chi connectivity index (χ1n) is 7.27. The third-order valence-electron chi connectivity index (χ3n) is 3.43. The number of furan rings is 1. The Morgan fingerprint density at radius 3 is 2.67 bits per heavy atom. The van der Waals surface area contributed by atoms with Gasteiger partial charge in [0.05, 0.1) is 12.3 Å². The normalized spacial score (nSPS) is 13.6. The Balaban J connectivity index is 1.74. The molecule has 2 atom stereocenters. The van der Waals surface area contributed by atoms with E-state index in [-0.39, 0.29) is 11.9 Å². The Hall–Kier alpha value is -2.07. The number of hydrogen-bond donors (Lipinski definition) is 2. The zero-order valence-corrected chi connectivity index (χ0v) is 12.3. The number of benzene rings is 1. The van der Waals surface area contributed by atoms with Crippen LogP contribution in [0.25, 0.3) is 0 Å². The van der Waals surface area contributed by atoms with Crippen LogP contribution in [0.2, 0.25) is 0 Å². The van der Waals surface area contributed by atoms with Crippen LogP contribution >= 0.6 is 0 Å². The second-order valence-electron chi connectivity index (χ2n) is 5.32. The van der Waals surface area contributed by atoms with Crippen LogP contribution < -0.4 is 11.1 Å². The molecule has 0 aliphatic heterocycles. The quantitative estimate of drug-likeness (QED) is 0.820. The summed E-state index contributed by atoms with van der Waals surface area (Å²) in [5.41, 5.74) is 7.03. The molecule has 1 unspecified atom stereocenters. The van der Waals surface area contributed by atoms with Gasteiger partial charge >= 0.3 is 0 Å². The maximum Gasteiger partial charge on any atom is 0.237 e. The predicted molar refractivity (Wildman–Crippen MR) is 82.8 cm³/mol. The summed E-state index contributed by atoms with van der Waals surface area (Å²) in [4.78, 5) is 12.1. The summed E-state index contributed by atoms with van der Waals surface area (Å²) in [5, 5.41) is 2.96. The SMILES string of the molecule is CC(CCc1ccco1)NC(=O)[C@@H](N)Cc1ccccc1. The molecular weight excluding hydrogens is 264 g/mol. The zero-order chi connectivity index (χ0) is 15.1. The van der Waals surface area contributed by atoms with Crippen LogP contribution in [-0.4, -0.2) is 18.0 Å². The molecule has 0 aliphatic rings. The second-order valence-corrected chi connectivity index (χ2v) is 5.32. The maximum absolute atomic E-state index is 12.1. The molecule has 0 aliphatic carbocycles. The number of nitrogens with one attached hydrogen (secondary N) is 1. The van der Waals surface area contributed by atoms with Crippen LogP contribution in [0.5, 0.6) is 0 Å². The summed E-state index contributed by atoms with van der Waals surface area (Å²) >= 11 is 0. The van der Waals surface area contributed by atoms with E-state index in [1.165, 1.54) is 0 Å². The third kappa shape index (κ3) is 5.08. The number of nitrogens with two attached hydrogens (primary N) is 1. The van der Waals surface area contributed by atoms with Gasteiger partial charge < -0.3 is 15.5 Å². The first kappa shape index (κ1) is 15.3. The van der Waals surface area contributed by atoms with Crippen LogP contribution in [0, 0.1) is 0 Å². The van der Waals surface area contributed by atoms with Gasteiger partial charge in [0.25, 0.3) is 0 Å². The van der Waals surface area contributed by atoms with Gasteiger partial charge in [-0.2, -0.15) is 0 Å². The molecule has 4 nitrogen and oxygen atoms in total. The van der Waals surface area contributed by atoms with Gasteiger partial charge in [0.15, 0.2) is 0 Å². The highest BCUT2D eigenvalue weighted by atomic mass is 16.3. The Kier molecular flexibility index (Phi) is 5.58. The van der Waals surface area contributed by atoms with Gasteiger partial charge in [0, 0.05) is 12.5 Å². The Morgan fingerprint density at radius 1 is 1.24 bits per heavy atom. The zero-order valence-electron chi connectivity index (χ0n) is 12.3. The topological polar surface area (TPSA) is 68.3 Å². The molecule has 3 N–H and O–H groups in total. The Bertz CT molecular complexity index is 537. The van der Waals surface area contributed by atoms with Gasteiger partial charge in [-0.3, -0.25) is 4.79 Å². The molecule has 0 saturated carbocycles. The van der Waals surface area contributed by atoms with Crippen molar-refractivity contribution in [3.8, 4) is 0 Å². The second kappa shape index (κ2) is 7.64. The van der Waals surface area contributed by atoms with Crippen molar-refractivity contribution in [1.82, 2.24) is 5.32 Å². The van der Waals surface area contributed by atoms with Crippen molar-refractivity contribution < 1.29 is 9.21 Å². The van der Waals surface area contributed by atoms with E-state index >= 15 is 0 Å². The summed E-state index contributed by atoms with van der Waals surface area (Å²) in [5.74, 6) is 0.829. The molecular formula is C17H22N2O2. The van der Waals surface area contributed by atoms with Crippen LogP contribution in [0.3, 0.4) is 0 Å². The van der Waals surface area contributed by atoms with Gasteiger partial charge in [-0.1, -0.05) is 30.3 Å². The number of carbonyl (C=O) groups excluding carboxylic acids is 1. The van der Waals surface area contributed by atoms with E-state index in [1.807, 2.05) is 49.4 Å². The minimum absolute atomic E-state index is 0.0735. The first-order chi connectivity index (χ1) is 10.1. The monoisotopic (exact) mass is 286 g/mol. The number of amides is 1. The average molecular weight is 286 g/mol. The van der Waals surface area contributed by atoms with Crippen molar-refractivity contribution >= 4 is 5.91 Å². The predicted octanol–water partition coefficient (Wildman–Crippen LogP) is 2.29. The van der Waals surface area contributed by atoms with Crippen molar-refractivity contribution in [2.24, 2.45) is 5.73 Å². The minimum atomic E-state index is -0.515. The lowest BCUT2D eigenvalue weighted by Gasteiger charge is -2.17. The van der Waals surface area contributed by atoms with E-state index in [0.29, 0.717) is 6.42 Å². The Labute approximate surface area is 125 Å². The number of carbonyl (C=O) groups is 1. The van der Waals surface area contributed by atoms with Crippen molar-refractivity contribution in [2.45, 2.75) is 38.3 Å². The third-order valence-corrected chi connectivity index (χ3v) is 3.43. The highest BCUT2D eigenvalue weighted by Gasteiger charge is 2.16. The van der Waals surface area contributed by atoms with Gasteiger partial charge in [-0.05, 0) is 37.5 Å². The maximum atomic E-state index is 12.1. The van der Waals surface area contributed by atoms with E-state index in [1.54, 1.807) is 6.26 Å². The van der Waals surface area contributed by atoms with Crippen LogP contribution in [-0.2, 0) is 17.6 Å². The lowest BCUT2D eigenvalue weighted by molar-refractivity contribution is -0.123. The lowest BCUT2D eigenvalue weighted by atomic mass is 10.1. The number of aryl methyl sites for hydroxylation is 1. The molecule has 1 aromatic carbocycles. The average Bonchev–Trinajstić information content (AvgIpc) is 2.99. The van der Waals surface area contributed by atoms with Crippen LogP contribution in [0.1, 0.15) is 24.7 Å². The minimum Gasteiger partial charge on any atom is -0.469 e. The van der Waals surface area contributed by atoms with Crippen molar-refractivity contribution in [2.75, 3.05) is 0 Å². The molecule has 1 amide bonds.